The van der Waals surface area contributed by atoms with Crippen molar-refractivity contribution in [1.82, 2.24) is 4.90 Å². The van der Waals surface area contributed by atoms with Gasteiger partial charge < -0.3 is 10.0 Å². The monoisotopic (exact) mass is 322 g/mol. The number of β-amino-alcohol motifs (C(OH)–C–C–N with tert-alkyl or cyclic N) is 1. The third kappa shape index (κ3) is 10.5. The van der Waals surface area contributed by atoms with Gasteiger partial charge in [-0.25, -0.2) is 0 Å². The molecule has 1 rings (SSSR count). The lowest BCUT2D eigenvalue weighted by Gasteiger charge is -2.18. The summed E-state index contributed by atoms with van der Waals surface area (Å²) in [5.74, 6) is 1.22. The minimum absolute atomic E-state index is 0.239. The molecule has 134 valence electrons. The SMILES string of the molecule is CCCCCCCC/C=C/CCCCCC1=NCCN1CCO. The lowest BCUT2D eigenvalue weighted by atomic mass is 10.1. The van der Waals surface area contributed by atoms with Crippen LogP contribution < -0.4 is 0 Å². The Morgan fingerprint density at radius 2 is 1.61 bits per heavy atom. The van der Waals surface area contributed by atoms with Crippen LogP contribution in [-0.4, -0.2) is 42.1 Å². The van der Waals surface area contributed by atoms with Crippen LogP contribution in [0.5, 0.6) is 0 Å². The van der Waals surface area contributed by atoms with Gasteiger partial charge in [-0.1, -0.05) is 57.6 Å². The Hall–Kier alpha value is -0.830. The Bertz CT molecular complexity index is 326. The first kappa shape index (κ1) is 20.2. The van der Waals surface area contributed by atoms with Gasteiger partial charge >= 0.3 is 0 Å². The second kappa shape index (κ2) is 14.7. The number of aliphatic imine (C=N–C) groups is 1. The van der Waals surface area contributed by atoms with Gasteiger partial charge in [-0.15, -0.1) is 0 Å². The molecule has 23 heavy (non-hydrogen) atoms. The Labute approximate surface area is 143 Å². The standard InChI is InChI=1S/C20H38N2O/c1-2-3-4-5-6-7-8-9-10-11-12-13-14-15-20-21-16-17-22(20)18-19-23/h9-10,23H,2-8,11-19H2,1H3/b10-9+. The van der Waals surface area contributed by atoms with Crippen LogP contribution in [0.2, 0.25) is 0 Å². The van der Waals surface area contributed by atoms with Crippen molar-refractivity contribution in [3.05, 3.63) is 12.2 Å². The van der Waals surface area contributed by atoms with Gasteiger partial charge in [-0.3, -0.25) is 4.99 Å². The molecule has 3 heteroatoms. The van der Waals surface area contributed by atoms with Gasteiger partial charge in [0.25, 0.3) is 0 Å². The Morgan fingerprint density at radius 3 is 2.30 bits per heavy atom. The maximum atomic E-state index is 9.02. The molecule has 0 atom stereocenters. The third-order valence-electron chi connectivity index (χ3n) is 4.56. The highest BCUT2D eigenvalue weighted by Crippen LogP contribution is 2.11. The topological polar surface area (TPSA) is 35.8 Å². The zero-order valence-electron chi connectivity index (χ0n) is 15.3. The number of nitrogens with zero attached hydrogens (tertiary/aromatic N) is 2. The fourth-order valence-electron chi connectivity index (χ4n) is 3.13. The van der Waals surface area contributed by atoms with E-state index in [4.69, 9.17) is 5.11 Å². The number of hydrogen-bond acceptors (Lipinski definition) is 3. The Balaban J connectivity index is 1.87. The van der Waals surface area contributed by atoms with Crippen molar-refractivity contribution in [2.75, 3.05) is 26.2 Å². The van der Waals surface area contributed by atoms with E-state index in [0.717, 1.165) is 26.1 Å². The van der Waals surface area contributed by atoms with Crippen LogP contribution in [-0.2, 0) is 0 Å². The molecule has 0 amide bonds. The second-order valence-electron chi connectivity index (χ2n) is 6.64. The first-order valence-electron chi connectivity index (χ1n) is 9.92. The molecule has 3 nitrogen and oxygen atoms in total. The summed E-state index contributed by atoms with van der Waals surface area (Å²) in [6, 6.07) is 0. The Morgan fingerprint density at radius 1 is 0.957 bits per heavy atom. The Kier molecular flexibility index (Phi) is 13.0. The molecule has 0 radical (unpaired) electrons. The number of hydrogen-bond donors (Lipinski definition) is 1. The van der Waals surface area contributed by atoms with Crippen molar-refractivity contribution in [2.24, 2.45) is 4.99 Å². The highest BCUT2D eigenvalue weighted by Gasteiger charge is 2.14. The van der Waals surface area contributed by atoms with E-state index in [9.17, 15) is 0 Å². The van der Waals surface area contributed by atoms with E-state index in [-0.39, 0.29) is 6.61 Å². The van der Waals surface area contributed by atoms with Crippen molar-refractivity contribution in [2.45, 2.75) is 84.0 Å². The van der Waals surface area contributed by atoms with Crippen molar-refractivity contribution in [3.8, 4) is 0 Å². The average molecular weight is 323 g/mol. The number of unbranched alkanes of at least 4 members (excludes halogenated alkanes) is 9. The molecule has 0 fully saturated rings. The fourth-order valence-corrected chi connectivity index (χ4v) is 3.13. The zero-order valence-corrected chi connectivity index (χ0v) is 15.3. The molecule has 0 saturated heterocycles. The van der Waals surface area contributed by atoms with Crippen LogP contribution in [0.15, 0.2) is 17.1 Å². The van der Waals surface area contributed by atoms with Crippen LogP contribution in [0.25, 0.3) is 0 Å². The molecule has 1 N–H and O–H groups in total. The second-order valence-corrected chi connectivity index (χ2v) is 6.64. The molecule has 0 saturated carbocycles. The van der Waals surface area contributed by atoms with E-state index < -0.39 is 0 Å². The van der Waals surface area contributed by atoms with E-state index in [1.807, 2.05) is 0 Å². The minimum atomic E-state index is 0.239. The van der Waals surface area contributed by atoms with E-state index in [1.165, 1.54) is 76.5 Å². The number of rotatable bonds is 15. The van der Waals surface area contributed by atoms with E-state index >= 15 is 0 Å². The molecule has 0 aromatic heterocycles. The quantitative estimate of drug-likeness (QED) is 0.342. The number of aliphatic hydroxyl groups excluding tert-OH is 1. The highest BCUT2D eigenvalue weighted by atomic mass is 16.3. The van der Waals surface area contributed by atoms with Gasteiger partial charge in [-0.05, 0) is 32.1 Å². The molecule has 0 aromatic carbocycles. The molecule has 0 unspecified atom stereocenters. The molecule has 1 heterocycles. The first-order valence-corrected chi connectivity index (χ1v) is 9.92. The molecule has 0 aromatic rings. The molecular formula is C20H38N2O. The lowest BCUT2D eigenvalue weighted by molar-refractivity contribution is 0.255. The largest absolute Gasteiger partial charge is 0.395 e. The van der Waals surface area contributed by atoms with Crippen LogP contribution in [0.4, 0.5) is 0 Å². The van der Waals surface area contributed by atoms with Gasteiger partial charge in [0.05, 0.1) is 19.0 Å². The van der Waals surface area contributed by atoms with Crippen LogP contribution >= 0.6 is 0 Å². The molecule has 0 spiro atoms. The van der Waals surface area contributed by atoms with Crippen molar-refractivity contribution in [3.63, 3.8) is 0 Å². The molecule has 0 aliphatic carbocycles. The van der Waals surface area contributed by atoms with Crippen molar-refractivity contribution in [1.29, 1.82) is 0 Å². The van der Waals surface area contributed by atoms with Gasteiger partial charge in [0.2, 0.25) is 0 Å². The number of allylic oxidation sites excluding steroid dienone is 2. The third-order valence-corrected chi connectivity index (χ3v) is 4.56. The fraction of sp³-hybridized carbons (Fsp3) is 0.850. The molecular weight excluding hydrogens is 284 g/mol. The predicted octanol–water partition coefficient (Wildman–Crippen LogP) is 4.95. The summed E-state index contributed by atoms with van der Waals surface area (Å²) in [7, 11) is 0. The van der Waals surface area contributed by atoms with Crippen LogP contribution in [0.1, 0.15) is 84.0 Å². The van der Waals surface area contributed by atoms with Crippen molar-refractivity contribution >= 4 is 5.84 Å². The number of amidine groups is 1. The van der Waals surface area contributed by atoms with E-state index in [0.29, 0.717) is 0 Å². The summed E-state index contributed by atoms with van der Waals surface area (Å²) >= 11 is 0. The summed E-state index contributed by atoms with van der Waals surface area (Å²) in [6.45, 7) is 5.17. The number of aliphatic hydroxyl groups is 1. The normalized spacial score (nSPS) is 14.9. The summed E-state index contributed by atoms with van der Waals surface area (Å²) in [4.78, 5) is 6.78. The molecule has 1 aliphatic rings. The van der Waals surface area contributed by atoms with Crippen molar-refractivity contribution < 1.29 is 5.11 Å². The smallest absolute Gasteiger partial charge is 0.0991 e. The van der Waals surface area contributed by atoms with Gasteiger partial charge in [-0.2, -0.15) is 0 Å². The summed E-state index contributed by atoms with van der Waals surface area (Å²) in [5.41, 5.74) is 0. The molecule has 1 aliphatic heterocycles. The van der Waals surface area contributed by atoms with Crippen LogP contribution in [0, 0.1) is 0 Å². The maximum absolute atomic E-state index is 9.02. The van der Waals surface area contributed by atoms with Gasteiger partial charge in [0, 0.05) is 19.5 Å². The summed E-state index contributed by atoms with van der Waals surface area (Å²) in [5, 5.41) is 9.02. The lowest BCUT2D eigenvalue weighted by Crippen LogP contribution is -2.30. The summed E-state index contributed by atoms with van der Waals surface area (Å²) < 4.78 is 0. The predicted molar refractivity (Wildman–Crippen MR) is 101 cm³/mol. The zero-order chi connectivity index (χ0) is 16.6. The van der Waals surface area contributed by atoms with Gasteiger partial charge in [0.15, 0.2) is 0 Å². The molecule has 0 bridgehead atoms. The van der Waals surface area contributed by atoms with E-state index in [1.54, 1.807) is 0 Å². The van der Waals surface area contributed by atoms with Gasteiger partial charge in [0.1, 0.15) is 0 Å². The van der Waals surface area contributed by atoms with E-state index in [2.05, 4.69) is 29.0 Å². The van der Waals surface area contributed by atoms with Crippen LogP contribution in [0.3, 0.4) is 0 Å². The first-order chi connectivity index (χ1) is 11.4. The average Bonchev–Trinajstić information content (AvgIpc) is 2.99. The minimum Gasteiger partial charge on any atom is -0.395 e. The highest BCUT2D eigenvalue weighted by molar-refractivity contribution is 5.83. The summed E-state index contributed by atoms with van der Waals surface area (Å²) in [6.07, 6.45) is 20.5. The maximum Gasteiger partial charge on any atom is 0.0991 e.